The van der Waals surface area contributed by atoms with Gasteiger partial charge >= 0.3 is 0 Å². The molecule has 0 bridgehead atoms. The van der Waals surface area contributed by atoms with E-state index in [-0.39, 0.29) is 24.1 Å². The summed E-state index contributed by atoms with van der Waals surface area (Å²) in [6.45, 7) is 1.60. The molecule has 4 rings (SSSR count). The molecule has 0 aromatic heterocycles. The molecule has 2 aliphatic rings. The molecule has 2 aromatic rings. The maximum Gasteiger partial charge on any atom is 0.269 e. The molecule has 0 unspecified atom stereocenters. The largest absolute Gasteiger partial charge is 0.484 e. The summed E-state index contributed by atoms with van der Waals surface area (Å²) < 4.78 is 5.62. The van der Waals surface area contributed by atoms with Crippen molar-refractivity contribution in [3.8, 4) is 5.75 Å². The first kappa shape index (κ1) is 22.8. The first-order valence-corrected chi connectivity index (χ1v) is 11.5. The van der Waals surface area contributed by atoms with Crippen LogP contribution in [0.25, 0.3) is 0 Å². The lowest BCUT2D eigenvalue weighted by Crippen LogP contribution is -2.42. The highest BCUT2D eigenvalue weighted by atomic mass is 16.6. The van der Waals surface area contributed by atoms with Crippen molar-refractivity contribution in [1.82, 2.24) is 4.90 Å². The zero-order valence-corrected chi connectivity index (χ0v) is 18.6. The molecule has 8 nitrogen and oxygen atoms in total. The van der Waals surface area contributed by atoms with E-state index in [1.54, 1.807) is 36.4 Å². The Morgan fingerprint density at radius 1 is 0.939 bits per heavy atom. The first-order chi connectivity index (χ1) is 16.0. The number of nitro benzene ring substituents is 1. The van der Waals surface area contributed by atoms with Crippen LogP contribution in [0.1, 0.15) is 50.5 Å². The Balaban J connectivity index is 1.42. The van der Waals surface area contributed by atoms with Gasteiger partial charge in [0.2, 0.25) is 5.91 Å². The highest BCUT2D eigenvalue weighted by molar-refractivity contribution is 5.99. The summed E-state index contributed by atoms with van der Waals surface area (Å²) in [5, 5.41) is 14.0. The molecule has 2 amide bonds. The van der Waals surface area contributed by atoms with Crippen molar-refractivity contribution >= 4 is 23.2 Å². The van der Waals surface area contributed by atoms with Crippen molar-refractivity contribution in [3.63, 3.8) is 0 Å². The lowest BCUT2D eigenvalue weighted by atomic mass is 9.68. The summed E-state index contributed by atoms with van der Waals surface area (Å²) in [6.07, 6.45) is 6.44. The number of hydrogen-bond donors (Lipinski definition) is 1. The van der Waals surface area contributed by atoms with Crippen LogP contribution in [-0.4, -0.2) is 41.3 Å². The highest BCUT2D eigenvalue weighted by Crippen LogP contribution is 2.41. The van der Waals surface area contributed by atoms with Crippen LogP contribution < -0.4 is 10.1 Å². The molecule has 8 heteroatoms. The molecule has 1 N–H and O–H groups in total. The van der Waals surface area contributed by atoms with Crippen LogP contribution in [0.5, 0.6) is 5.75 Å². The summed E-state index contributed by atoms with van der Waals surface area (Å²) >= 11 is 0. The van der Waals surface area contributed by atoms with Gasteiger partial charge in [0.25, 0.3) is 11.6 Å². The van der Waals surface area contributed by atoms with Crippen LogP contribution >= 0.6 is 0 Å². The average Bonchev–Trinajstić information content (AvgIpc) is 3.39. The highest BCUT2D eigenvalue weighted by Gasteiger charge is 2.41. The van der Waals surface area contributed by atoms with Gasteiger partial charge < -0.3 is 15.0 Å². The van der Waals surface area contributed by atoms with Crippen LogP contribution in [0.2, 0.25) is 0 Å². The van der Waals surface area contributed by atoms with E-state index in [9.17, 15) is 19.7 Å². The number of carbonyl (C=O) groups excluding carboxylic acids is 2. The van der Waals surface area contributed by atoms with Gasteiger partial charge in [-0.1, -0.05) is 31.4 Å². The van der Waals surface area contributed by atoms with Crippen molar-refractivity contribution < 1.29 is 19.2 Å². The molecule has 1 aliphatic heterocycles. The van der Waals surface area contributed by atoms with Gasteiger partial charge in [0.05, 0.1) is 10.3 Å². The number of ether oxygens (including phenoxy) is 1. The minimum absolute atomic E-state index is 0.00721. The molecular weight excluding hydrogens is 422 g/mol. The Bertz CT molecular complexity index is 992. The Kier molecular flexibility index (Phi) is 6.91. The Morgan fingerprint density at radius 3 is 2.18 bits per heavy atom. The SMILES string of the molecule is O=C(COc1ccc(NC(=O)C2(c3ccc([N+](=O)[O-])cc3)CCCCC2)cc1)N1CCCC1. The fraction of sp³-hybridized carbons (Fsp3) is 0.440. The van der Waals surface area contributed by atoms with E-state index >= 15 is 0 Å². The van der Waals surface area contributed by atoms with E-state index in [1.165, 1.54) is 12.1 Å². The number of anilines is 1. The normalized spacial score (nSPS) is 17.4. The van der Waals surface area contributed by atoms with Crippen molar-refractivity contribution in [3.05, 3.63) is 64.2 Å². The second-order valence-corrected chi connectivity index (χ2v) is 8.80. The predicted molar refractivity (Wildman–Crippen MR) is 124 cm³/mol. The number of rotatable bonds is 7. The van der Waals surface area contributed by atoms with Crippen LogP contribution in [-0.2, 0) is 15.0 Å². The topological polar surface area (TPSA) is 102 Å². The summed E-state index contributed by atoms with van der Waals surface area (Å²) in [4.78, 5) is 38.0. The summed E-state index contributed by atoms with van der Waals surface area (Å²) in [7, 11) is 0. The molecule has 2 aromatic carbocycles. The van der Waals surface area contributed by atoms with E-state index in [0.29, 0.717) is 24.3 Å². The van der Waals surface area contributed by atoms with Crippen LogP contribution in [0.3, 0.4) is 0 Å². The number of hydrogen-bond acceptors (Lipinski definition) is 5. The number of nitrogens with zero attached hydrogens (tertiary/aromatic N) is 2. The van der Waals surface area contributed by atoms with Gasteiger partial charge in [0, 0.05) is 30.9 Å². The first-order valence-electron chi connectivity index (χ1n) is 11.5. The Morgan fingerprint density at radius 2 is 1.58 bits per heavy atom. The van der Waals surface area contributed by atoms with Crippen LogP contribution in [0, 0.1) is 10.1 Å². The van der Waals surface area contributed by atoms with Crippen LogP contribution in [0.15, 0.2) is 48.5 Å². The second kappa shape index (κ2) is 10.0. The van der Waals surface area contributed by atoms with Crippen LogP contribution in [0.4, 0.5) is 11.4 Å². The van der Waals surface area contributed by atoms with Gasteiger partial charge in [-0.15, -0.1) is 0 Å². The number of nitro groups is 1. The molecule has 1 saturated carbocycles. The minimum Gasteiger partial charge on any atom is -0.484 e. The molecular formula is C25H29N3O5. The number of likely N-dealkylation sites (tertiary alicyclic amines) is 1. The lowest BCUT2D eigenvalue weighted by Gasteiger charge is -2.36. The summed E-state index contributed by atoms with van der Waals surface area (Å²) in [6, 6.07) is 13.4. The van der Waals surface area contributed by atoms with E-state index < -0.39 is 10.3 Å². The quantitative estimate of drug-likeness (QED) is 0.495. The van der Waals surface area contributed by atoms with E-state index in [0.717, 1.165) is 50.8 Å². The molecule has 0 atom stereocenters. The molecule has 0 radical (unpaired) electrons. The maximum atomic E-state index is 13.4. The predicted octanol–water partition coefficient (Wildman–Crippen LogP) is 4.44. The molecule has 33 heavy (non-hydrogen) atoms. The number of non-ortho nitro benzene ring substituents is 1. The Labute approximate surface area is 193 Å². The fourth-order valence-corrected chi connectivity index (χ4v) is 4.79. The third kappa shape index (κ3) is 5.16. The number of amides is 2. The zero-order valence-electron chi connectivity index (χ0n) is 18.6. The molecule has 0 spiro atoms. The molecule has 174 valence electrons. The van der Waals surface area contributed by atoms with Gasteiger partial charge in [-0.2, -0.15) is 0 Å². The van der Waals surface area contributed by atoms with Crippen molar-refractivity contribution in [2.45, 2.75) is 50.4 Å². The molecule has 1 aliphatic carbocycles. The van der Waals surface area contributed by atoms with Crippen molar-refractivity contribution in [2.75, 3.05) is 25.0 Å². The van der Waals surface area contributed by atoms with Gasteiger partial charge in [0.1, 0.15) is 5.75 Å². The molecule has 1 heterocycles. The van der Waals surface area contributed by atoms with Crippen molar-refractivity contribution in [1.29, 1.82) is 0 Å². The lowest BCUT2D eigenvalue weighted by molar-refractivity contribution is -0.384. The Hall–Kier alpha value is -3.42. The smallest absolute Gasteiger partial charge is 0.269 e. The van der Waals surface area contributed by atoms with E-state index in [4.69, 9.17) is 4.74 Å². The number of benzene rings is 2. The third-order valence-corrected chi connectivity index (χ3v) is 6.71. The second-order valence-electron chi connectivity index (χ2n) is 8.80. The fourth-order valence-electron chi connectivity index (χ4n) is 4.79. The van der Waals surface area contributed by atoms with Gasteiger partial charge in [-0.3, -0.25) is 19.7 Å². The monoisotopic (exact) mass is 451 g/mol. The zero-order chi connectivity index (χ0) is 23.3. The number of nitrogens with one attached hydrogen (secondary N) is 1. The summed E-state index contributed by atoms with van der Waals surface area (Å²) in [5.74, 6) is 0.462. The minimum atomic E-state index is -0.704. The van der Waals surface area contributed by atoms with Crippen molar-refractivity contribution in [2.24, 2.45) is 0 Å². The molecule has 1 saturated heterocycles. The van der Waals surface area contributed by atoms with E-state index in [1.807, 2.05) is 4.90 Å². The molecule has 2 fully saturated rings. The summed E-state index contributed by atoms with van der Waals surface area (Å²) in [5.41, 5.74) is 0.768. The number of carbonyl (C=O) groups is 2. The third-order valence-electron chi connectivity index (χ3n) is 6.71. The van der Waals surface area contributed by atoms with Gasteiger partial charge in [-0.25, -0.2) is 0 Å². The standard InChI is InChI=1S/C25H29N3O5/c29-23(27-16-4-5-17-27)18-33-22-12-8-20(9-13-22)26-24(30)25(14-2-1-3-15-25)19-6-10-21(11-7-19)28(31)32/h6-13H,1-5,14-18H2,(H,26,30). The van der Waals surface area contributed by atoms with Gasteiger partial charge in [-0.05, 0) is 55.5 Å². The van der Waals surface area contributed by atoms with Gasteiger partial charge in [0.15, 0.2) is 6.61 Å². The van der Waals surface area contributed by atoms with E-state index in [2.05, 4.69) is 5.32 Å². The maximum absolute atomic E-state index is 13.4. The average molecular weight is 452 g/mol.